The third-order valence-corrected chi connectivity index (χ3v) is 2.86. The van der Waals surface area contributed by atoms with Gasteiger partial charge in [0, 0.05) is 19.0 Å². The molecular weight excluding hydrogens is 184 g/mol. The van der Waals surface area contributed by atoms with Crippen LogP contribution in [0.3, 0.4) is 0 Å². The Morgan fingerprint density at radius 1 is 1.69 bits per heavy atom. The van der Waals surface area contributed by atoms with Crippen LogP contribution in [0.5, 0.6) is 0 Å². The van der Waals surface area contributed by atoms with Gasteiger partial charge in [-0.2, -0.15) is 5.10 Å². The molecule has 0 aliphatic carbocycles. The highest BCUT2D eigenvalue weighted by Crippen LogP contribution is 2.09. The molecule has 1 N–H and O–H groups in total. The lowest BCUT2D eigenvalue weighted by Gasteiger charge is -2.04. The minimum Gasteiger partial charge on any atom is -0.359 e. The summed E-state index contributed by atoms with van der Waals surface area (Å²) in [7, 11) is 1.95. The molecule has 0 saturated carbocycles. The van der Waals surface area contributed by atoms with Gasteiger partial charge in [0.05, 0.1) is 18.8 Å². The second kappa shape index (κ2) is 3.83. The van der Waals surface area contributed by atoms with Crippen molar-refractivity contribution in [1.29, 1.82) is 0 Å². The Morgan fingerprint density at radius 2 is 2.62 bits per heavy atom. The summed E-state index contributed by atoms with van der Waals surface area (Å²) in [4.78, 5) is 4.30. The first-order chi connectivity index (χ1) is 6.36. The predicted molar refractivity (Wildman–Crippen MR) is 54.8 cm³/mol. The number of hydrogen-bond acceptors (Lipinski definition) is 4. The fourth-order valence-corrected chi connectivity index (χ4v) is 1.92. The van der Waals surface area contributed by atoms with Crippen molar-refractivity contribution in [3.8, 4) is 0 Å². The van der Waals surface area contributed by atoms with Crippen molar-refractivity contribution in [1.82, 2.24) is 15.1 Å². The number of aromatic nitrogens is 2. The van der Waals surface area contributed by atoms with Gasteiger partial charge in [0.15, 0.2) is 5.17 Å². The SMILES string of the molecule is Cn1nccc1CNC1=NCCS1. The molecule has 1 aromatic heterocycles. The molecule has 0 fully saturated rings. The number of nitrogens with zero attached hydrogens (tertiary/aromatic N) is 3. The molecule has 1 aliphatic heterocycles. The van der Waals surface area contributed by atoms with E-state index in [9.17, 15) is 0 Å². The van der Waals surface area contributed by atoms with Crippen LogP contribution in [-0.4, -0.2) is 27.2 Å². The first-order valence-electron chi connectivity index (χ1n) is 4.24. The standard InChI is InChI=1S/C8H12N4S/c1-12-7(2-3-11-12)6-10-8-9-4-5-13-8/h2-3H,4-6H2,1H3,(H,9,10). The van der Waals surface area contributed by atoms with Crippen molar-refractivity contribution < 1.29 is 0 Å². The van der Waals surface area contributed by atoms with E-state index >= 15 is 0 Å². The highest BCUT2D eigenvalue weighted by Gasteiger charge is 2.06. The first-order valence-corrected chi connectivity index (χ1v) is 5.23. The number of nitrogens with one attached hydrogen (secondary N) is 1. The maximum atomic E-state index is 4.30. The summed E-state index contributed by atoms with van der Waals surface area (Å²) < 4.78 is 1.87. The zero-order valence-corrected chi connectivity index (χ0v) is 8.34. The predicted octanol–water partition coefficient (Wildman–Crippen LogP) is 0.613. The van der Waals surface area contributed by atoms with Gasteiger partial charge in [-0.25, -0.2) is 0 Å². The molecule has 4 nitrogen and oxygen atoms in total. The maximum Gasteiger partial charge on any atom is 0.156 e. The highest BCUT2D eigenvalue weighted by molar-refractivity contribution is 8.14. The Bertz CT molecular complexity index is 318. The largest absolute Gasteiger partial charge is 0.359 e. The van der Waals surface area contributed by atoms with E-state index in [4.69, 9.17) is 0 Å². The lowest BCUT2D eigenvalue weighted by Crippen LogP contribution is -2.19. The summed E-state index contributed by atoms with van der Waals surface area (Å²) in [6.45, 7) is 1.75. The van der Waals surface area contributed by atoms with Gasteiger partial charge in [-0.1, -0.05) is 11.8 Å². The molecule has 0 radical (unpaired) electrons. The van der Waals surface area contributed by atoms with E-state index in [1.54, 1.807) is 18.0 Å². The van der Waals surface area contributed by atoms with Crippen molar-refractivity contribution >= 4 is 16.9 Å². The van der Waals surface area contributed by atoms with Gasteiger partial charge in [0.2, 0.25) is 0 Å². The molecule has 0 bridgehead atoms. The second-order valence-corrected chi connectivity index (χ2v) is 3.92. The number of hydrogen-bond donors (Lipinski definition) is 1. The normalized spacial score (nSPS) is 15.9. The monoisotopic (exact) mass is 196 g/mol. The van der Waals surface area contributed by atoms with Crippen LogP contribution in [0.1, 0.15) is 5.69 Å². The Hall–Kier alpha value is -0.970. The number of rotatable bonds is 2. The van der Waals surface area contributed by atoms with Crippen LogP contribution in [0.4, 0.5) is 0 Å². The van der Waals surface area contributed by atoms with Gasteiger partial charge in [-0.15, -0.1) is 0 Å². The molecule has 1 aliphatic rings. The molecule has 0 atom stereocenters. The third kappa shape index (κ3) is 2.03. The van der Waals surface area contributed by atoms with E-state index in [2.05, 4.69) is 15.4 Å². The molecular formula is C8H12N4S. The van der Waals surface area contributed by atoms with Gasteiger partial charge < -0.3 is 5.32 Å². The second-order valence-electron chi connectivity index (χ2n) is 2.84. The molecule has 0 spiro atoms. The molecule has 13 heavy (non-hydrogen) atoms. The third-order valence-electron chi connectivity index (χ3n) is 1.93. The van der Waals surface area contributed by atoms with Crippen molar-refractivity contribution in [3.63, 3.8) is 0 Å². The van der Waals surface area contributed by atoms with Gasteiger partial charge in [-0.05, 0) is 6.07 Å². The van der Waals surface area contributed by atoms with Crippen molar-refractivity contribution in [2.24, 2.45) is 12.0 Å². The Balaban J connectivity index is 1.89. The minimum atomic E-state index is 0.808. The Labute approximate surface area is 81.4 Å². The van der Waals surface area contributed by atoms with E-state index in [1.165, 1.54) is 5.69 Å². The lowest BCUT2D eigenvalue weighted by molar-refractivity contribution is 0.695. The van der Waals surface area contributed by atoms with Crippen LogP contribution in [0.15, 0.2) is 17.3 Å². The summed E-state index contributed by atoms with van der Waals surface area (Å²) in [6, 6.07) is 2.01. The van der Waals surface area contributed by atoms with E-state index in [-0.39, 0.29) is 0 Å². The molecule has 2 heterocycles. The molecule has 70 valence electrons. The average molecular weight is 196 g/mol. The number of aliphatic imine (C=N–C) groups is 1. The van der Waals surface area contributed by atoms with E-state index in [0.717, 1.165) is 24.0 Å². The fraction of sp³-hybridized carbons (Fsp3) is 0.500. The van der Waals surface area contributed by atoms with Gasteiger partial charge >= 0.3 is 0 Å². The molecule has 0 aromatic carbocycles. The van der Waals surface area contributed by atoms with Crippen LogP contribution < -0.4 is 5.32 Å². The zero-order chi connectivity index (χ0) is 9.10. The first kappa shape index (κ1) is 8.62. The molecule has 2 rings (SSSR count). The van der Waals surface area contributed by atoms with E-state index in [1.807, 2.05) is 17.8 Å². The molecule has 0 amide bonds. The van der Waals surface area contributed by atoms with E-state index in [0.29, 0.717) is 0 Å². The summed E-state index contributed by atoms with van der Waals surface area (Å²) in [6.07, 6.45) is 1.81. The topological polar surface area (TPSA) is 42.2 Å². The number of aryl methyl sites for hydroxylation is 1. The van der Waals surface area contributed by atoms with Crippen LogP contribution in [-0.2, 0) is 13.6 Å². The van der Waals surface area contributed by atoms with Gasteiger partial charge in [-0.3, -0.25) is 9.67 Å². The lowest BCUT2D eigenvalue weighted by atomic mass is 10.4. The molecule has 5 heteroatoms. The van der Waals surface area contributed by atoms with Crippen LogP contribution >= 0.6 is 11.8 Å². The van der Waals surface area contributed by atoms with Crippen molar-refractivity contribution in [2.75, 3.05) is 12.3 Å². The highest BCUT2D eigenvalue weighted by atomic mass is 32.2. The summed E-state index contributed by atoms with van der Waals surface area (Å²) in [5.74, 6) is 1.10. The minimum absolute atomic E-state index is 0.808. The quantitative estimate of drug-likeness (QED) is 0.753. The average Bonchev–Trinajstić information content (AvgIpc) is 2.72. The molecule has 0 saturated heterocycles. The summed E-state index contributed by atoms with van der Waals surface area (Å²) in [5, 5.41) is 8.43. The molecule has 1 aromatic rings. The Kier molecular flexibility index (Phi) is 2.54. The molecule has 0 unspecified atom stereocenters. The fourth-order valence-electron chi connectivity index (χ4n) is 1.18. The Morgan fingerprint density at radius 3 is 3.23 bits per heavy atom. The number of thioether (sulfide) groups is 1. The van der Waals surface area contributed by atoms with Crippen molar-refractivity contribution in [3.05, 3.63) is 18.0 Å². The van der Waals surface area contributed by atoms with Gasteiger partial charge in [0.1, 0.15) is 0 Å². The van der Waals surface area contributed by atoms with E-state index < -0.39 is 0 Å². The zero-order valence-electron chi connectivity index (χ0n) is 7.53. The summed E-state index contributed by atoms with van der Waals surface area (Å²) >= 11 is 1.78. The van der Waals surface area contributed by atoms with Gasteiger partial charge in [0.25, 0.3) is 0 Å². The van der Waals surface area contributed by atoms with Crippen LogP contribution in [0.2, 0.25) is 0 Å². The van der Waals surface area contributed by atoms with Crippen LogP contribution in [0.25, 0.3) is 0 Å². The number of amidine groups is 1. The maximum absolute atomic E-state index is 4.30. The summed E-state index contributed by atoms with van der Waals surface area (Å²) in [5.41, 5.74) is 1.18. The van der Waals surface area contributed by atoms with Crippen LogP contribution in [0, 0.1) is 0 Å². The smallest absolute Gasteiger partial charge is 0.156 e. The van der Waals surface area contributed by atoms with Crippen molar-refractivity contribution in [2.45, 2.75) is 6.54 Å².